The first-order valence-corrected chi connectivity index (χ1v) is 7.80. The van der Waals surface area contributed by atoms with E-state index in [1.807, 2.05) is 61.5 Å². The van der Waals surface area contributed by atoms with Crippen molar-refractivity contribution < 1.29 is 4.74 Å². The maximum atomic E-state index is 5.91. The van der Waals surface area contributed by atoms with Crippen molar-refractivity contribution >= 4 is 34.6 Å². The number of hydrogen-bond donors (Lipinski definition) is 2. The monoisotopic (exact) mass is 340 g/mol. The number of para-hydroxylation sites is 2. The van der Waals surface area contributed by atoms with Crippen LogP contribution < -0.4 is 15.4 Å². The van der Waals surface area contributed by atoms with Crippen molar-refractivity contribution in [1.82, 2.24) is 9.97 Å². The first kappa shape index (κ1) is 16.1. The number of nitrogens with zero attached hydrogens (tertiary/aromatic N) is 2. The summed E-state index contributed by atoms with van der Waals surface area (Å²) in [5.74, 6) is 2.79. The van der Waals surface area contributed by atoms with Crippen LogP contribution in [0.25, 0.3) is 0 Å². The number of rotatable bonds is 5. The molecule has 0 saturated heterocycles. The number of benzene rings is 2. The molecule has 2 aromatic carbocycles. The molecule has 0 aliphatic heterocycles. The van der Waals surface area contributed by atoms with Gasteiger partial charge in [0, 0.05) is 16.8 Å². The van der Waals surface area contributed by atoms with Crippen molar-refractivity contribution in [3.8, 4) is 5.75 Å². The molecule has 6 heteroatoms. The summed E-state index contributed by atoms with van der Waals surface area (Å²) in [6.45, 7) is 1.85. The van der Waals surface area contributed by atoms with Gasteiger partial charge in [-0.1, -0.05) is 23.7 Å². The zero-order chi connectivity index (χ0) is 16.9. The molecule has 0 aliphatic carbocycles. The van der Waals surface area contributed by atoms with Crippen LogP contribution in [0.15, 0.2) is 54.6 Å². The third-order valence-electron chi connectivity index (χ3n) is 3.32. The Morgan fingerprint density at radius 3 is 2.29 bits per heavy atom. The van der Waals surface area contributed by atoms with Crippen LogP contribution in [0.2, 0.25) is 5.02 Å². The lowest BCUT2D eigenvalue weighted by Gasteiger charge is -2.12. The number of aromatic nitrogens is 2. The van der Waals surface area contributed by atoms with Gasteiger partial charge in [-0.2, -0.15) is 0 Å². The molecule has 5 nitrogen and oxygen atoms in total. The molecule has 0 unspecified atom stereocenters. The Kier molecular flexibility index (Phi) is 4.82. The summed E-state index contributed by atoms with van der Waals surface area (Å²) >= 11 is 5.91. The van der Waals surface area contributed by atoms with Crippen molar-refractivity contribution in [1.29, 1.82) is 0 Å². The van der Waals surface area contributed by atoms with E-state index in [4.69, 9.17) is 16.3 Å². The van der Waals surface area contributed by atoms with Crippen LogP contribution in [0.3, 0.4) is 0 Å². The highest BCUT2D eigenvalue weighted by molar-refractivity contribution is 6.30. The number of hydrogen-bond acceptors (Lipinski definition) is 5. The van der Waals surface area contributed by atoms with E-state index in [0.717, 1.165) is 17.1 Å². The van der Waals surface area contributed by atoms with Crippen LogP contribution in [-0.4, -0.2) is 17.1 Å². The van der Waals surface area contributed by atoms with Gasteiger partial charge in [0.1, 0.15) is 23.2 Å². The SMILES string of the molecule is COc1ccccc1Nc1cc(Nc2ccc(Cl)cc2)nc(C)n1. The van der Waals surface area contributed by atoms with Gasteiger partial charge in [0.15, 0.2) is 0 Å². The Morgan fingerprint density at radius 2 is 1.58 bits per heavy atom. The zero-order valence-electron chi connectivity index (χ0n) is 13.4. The Labute approximate surface area is 145 Å². The minimum atomic E-state index is 0.659. The highest BCUT2D eigenvalue weighted by Crippen LogP contribution is 2.27. The van der Waals surface area contributed by atoms with Crippen LogP contribution in [0, 0.1) is 6.92 Å². The summed E-state index contributed by atoms with van der Waals surface area (Å²) in [5, 5.41) is 7.20. The molecule has 0 amide bonds. The van der Waals surface area contributed by atoms with Gasteiger partial charge >= 0.3 is 0 Å². The fraction of sp³-hybridized carbons (Fsp3) is 0.111. The number of anilines is 4. The third-order valence-corrected chi connectivity index (χ3v) is 3.58. The molecule has 1 heterocycles. The zero-order valence-corrected chi connectivity index (χ0v) is 14.1. The minimum absolute atomic E-state index is 0.659. The second-order valence-corrected chi connectivity index (χ2v) is 5.58. The molecule has 0 bridgehead atoms. The second kappa shape index (κ2) is 7.19. The van der Waals surface area contributed by atoms with Crippen molar-refractivity contribution in [2.45, 2.75) is 6.92 Å². The second-order valence-electron chi connectivity index (χ2n) is 5.14. The number of methoxy groups -OCH3 is 1. The minimum Gasteiger partial charge on any atom is -0.495 e. The largest absolute Gasteiger partial charge is 0.495 e. The lowest BCUT2D eigenvalue weighted by molar-refractivity contribution is 0.417. The molecule has 0 spiro atoms. The summed E-state index contributed by atoms with van der Waals surface area (Å²) in [5.41, 5.74) is 1.75. The average molecular weight is 341 g/mol. The molecular formula is C18H17ClN4O. The van der Waals surface area contributed by atoms with Gasteiger partial charge in [0.25, 0.3) is 0 Å². The number of ether oxygens (including phenoxy) is 1. The molecule has 3 rings (SSSR count). The predicted molar refractivity (Wildman–Crippen MR) is 97.8 cm³/mol. The van der Waals surface area contributed by atoms with Crippen molar-refractivity contribution in [3.05, 3.63) is 65.4 Å². The lowest BCUT2D eigenvalue weighted by Crippen LogP contribution is -2.02. The fourth-order valence-corrected chi connectivity index (χ4v) is 2.39. The van der Waals surface area contributed by atoms with E-state index < -0.39 is 0 Å². The number of halogens is 1. The Morgan fingerprint density at radius 1 is 0.917 bits per heavy atom. The molecule has 0 fully saturated rings. The maximum Gasteiger partial charge on any atom is 0.142 e. The van der Waals surface area contributed by atoms with Crippen LogP contribution in [0.4, 0.5) is 23.0 Å². The Balaban J connectivity index is 1.84. The average Bonchev–Trinajstić information content (AvgIpc) is 2.57. The molecule has 0 saturated carbocycles. The molecule has 24 heavy (non-hydrogen) atoms. The van der Waals surface area contributed by atoms with Crippen LogP contribution in [0.5, 0.6) is 5.75 Å². The highest BCUT2D eigenvalue weighted by atomic mass is 35.5. The lowest BCUT2D eigenvalue weighted by atomic mass is 10.3. The number of aryl methyl sites for hydroxylation is 1. The highest BCUT2D eigenvalue weighted by Gasteiger charge is 2.06. The van der Waals surface area contributed by atoms with Gasteiger partial charge in [-0.25, -0.2) is 9.97 Å². The van der Waals surface area contributed by atoms with Gasteiger partial charge in [0.05, 0.1) is 12.8 Å². The maximum absolute atomic E-state index is 5.91. The van der Waals surface area contributed by atoms with Gasteiger partial charge in [-0.15, -0.1) is 0 Å². The molecule has 0 radical (unpaired) electrons. The van der Waals surface area contributed by atoms with E-state index in [1.165, 1.54) is 0 Å². The smallest absolute Gasteiger partial charge is 0.142 e. The van der Waals surface area contributed by atoms with Crippen LogP contribution >= 0.6 is 11.6 Å². The molecule has 2 N–H and O–H groups in total. The first-order chi connectivity index (χ1) is 11.6. The van der Waals surface area contributed by atoms with Gasteiger partial charge in [-0.05, 0) is 43.3 Å². The topological polar surface area (TPSA) is 59.1 Å². The van der Waals surface area contributed by atoms with Crippen molar-refractivity contribution in [2.24, 2.45) is 0 Å². The number of nitrogens with one attached hydrogen (secondary N) is 2. The Bertz CT molecular complexity index is 837. The standard InChI is InChI=1S/C18H17ClN4O/c1-12-20-17(22-14-9-7-13(19)8-10-14)11-18(21-12)23-15-5-3-4-6-16(15)24-2/h3-11H,1-2H3,(H2,20,21,22,23). The summed E-state index contributed by atoms with van der Waals surface area (Å²) in [7, 11) is 1.64. The van der Waals surface area contributed by atoms with E-state index in [1.54, 1.807) is 7.11 Å². The summed E-state index contributed by atoms with van der Waals surface area (Å²) < 4.78 is 5.35. The molecular weight excluding hydrogens is 324 g/mol. The van der Waals surface area contributed by atoms with E-state index in [2.05, 4.69) is 20.6 Å². The van der Waals surface area contributed by atoms with Crippen molar-refractivity contribution in [2.75, 3.05) is 17.7 Å². The molecule has 1 aromatic heterocycles. The predicted octanol–water partition coefficient (Wildman–Crippen LogP) is 4.93. The van der Waals surface area contributed by atoms with E-state index in [9.17, 15) is 0 Å². The summed E-state index contributed by atoms with van der Waals surface area (Å²) in [6, 6.07) is 17.0. The summed E-state index contributed by atoms with van der Waals surface area (Å²) in [6.07, 6.45) is 0. The van der Waals surface area contributed by atoms with Gasteiger partial charge < -0.3 is 15.4 Å². The molecule has 122 valence electrons. The van der Waals surface area contributed by atoms with Gasteiger partial charge in [-0.3, -0.25) is 0 Å². The fourth-order valence-electron chi connectivity index (χ4n) is 2.26. The van der Waals surface area contributed by atoms with Crippen LogP contribution in [0.1, 0.15) is 5.82 Å². The molecule has 3 aromatic rings. The normalized spacial score (nSPS) is 10.3. The van der Waals surface area contributed by atoms with E-state index in [-0.39, 0.29) is 0 Å². The molecule has 0 atom stereocenters. The summed E-state index contributed by atoms with van der Waals surface area (Å²) in [4.78, 5) is 8.83. The Hall–Kier alpha value is -2.79. The van der Waals surface area contributed by atoms with Gasteiger partial charge in [0.2, 0.25) is 0 Å². The van der Waals surface area contributed by atoms with Crippen molar-refractivity contribution in [3.63, 3.8) is 0 Å². The van der Waals surface area contributed by atoms with Crippen LogP contribution in [-0.2, 0) is 0 Å². The third kappa shape index (κ3) is 3.94. The van der Waals surface area contributed by atoms with E-state index in [0.29, 0.717) is 22.5 Å². The molecule has 0 aliphatic rings. The van der Waals surface area contributed by atoms with E-state index >= 15 is 0 Å². The quantitative estimate of drug-likeness (QED) is 0.689. The first-order valence-electron chi connectivity index (χ1n) is 7.42.